The Balaban J connectivity index is 1.91. The van der Waals surface area contributed by atoms with Gasteiger partial charge in [-0.15, -0.1) is 11.8 Å². The van der Waals surface area contributed by atoms with E-state index in [9.17, 15) is 4.79 Å². The molecule has 6 heteroatoms. The van der Waals surface area contributed by atoms with Crippen LogP contribution in [0.5, 0.6) is 0 Å². The van der Waals surface area contributed by atoms with E-state index in [0.29, 0.717) is 27.6 Å². The van der Waals surface area contributed by atoms with Gasteiger partial charge in [0, 0.05) is 16.5 Å². The van der Waals surface area contributed by atoms with E-state index in [2.05, 4.69) is 31.0 Å². The van der Waals surface area contributed by atoms with Crippen molar-refractivity contribution in [2.24, 2.45) is 10.9 Å². The number of carbonyl (C=O) groups excluding carboxylic acids is 1. The van der Waals surface area contributed by atoms with Crippen LogP contribution in [-0.2, 0) is 4.79 Å². The Kier molecular flexibility index (Phi) is 6.68. The van der Waals surface area contributed by atoms with E-state index in [0.717, 1.165) is 11.3 Å². The van der Waals surface area contributed by atoms with Crippen LogP contribution in [0.3, 0.4) is 0 Å². The van der Waals surface area contributed by atoms with E-state index >= 15 is 0 Å². The maximum Gasteiger partial charge on any atom is 0.266 e. The van der Waals surface area contributed by atoms with Gasteiger partial charge in [-0.2, -0.15) is 0 Å². The van der Waals surface area contributed by atoms with Gasteiger partial charge in [0.05, 0.1) is 10.6 Å². The zero-order valence-electron chi connectivity index (χ0n) is 15.5. The third-order valence-corrected chi connectivity index (χ3v) is 5.90. The summed E-state index contributed by atoms with van der Waals surface area (Å²) in [6.07, 6.45) is 3.99. The molecule has 0 radical (unpaired) electrons. The summed E-state index contributed by atoms with van der Waals surface area (Å²) in [6, 6.07) is 15.5. The van der Waals surface area contributed by atoms with Crippen molar-refractivity contribution in [3.05, 3.63) is 64.0 Å². The average Bonchev–Trinajstić information content (AvgIpc) is 2.92. The number of hydrogen-bond acceptors (Lipinski definition) is 4. The molecule has 1 saturated heterocycles. The lowest BCUT2D eigenvalue weighted by atomic mass is 10.2. The van der Waals surface area contributed by atoms with Crippen molar-refractivity contribution >= 4 is 58.0 Å². The summed E-state index contributed by atoms with van der Waals surface area (Å²) in [7, 11) is 0. The minimum atomic E-state index is 0.00959. The molecule has 0 saturated carbocycles. The van der Waals surface area contributed by atoms with E-state index in [1.54, 1.807) is 28.8 Å². The maximum atomic E-state index is 13.0. The molecule has 1 aliphatic rings. The van der Waals surface area contributed by atoms with Crippen LogP contribution in [0.25, 0.3) is 6.08 Å². The maximum absolute atomic E-state index is 13.0. The third-order valence-electron chi connectivity index (χ3n) is 3.90. The van der Waals surface area contributed by atoms with Gasteiger partial charge in [-0.1, -0.05) is 37.6 Å². The Labute approximate surface area is 173 Å². The fourth-order valence-corrected chi connectivity index (χ4v) is 4.14. The SMILES string of the molecule is CSc1ccc(/C=C2\SC(=Nc3ccc(Cl)cc3)N(CC(C)C)C2=O)cc1. The van der Waals surface area contributed by atoms with E-state index in [4.69, 9.17) is 11.6 Å². The first-order chi connectivity index (χ1) is 13.0. The van der Waals surface area contributed by atoms with Gasteiger partial charge in [-0.25, -0.2) is 4.99 Å². The molecule has 0 spiro atoms. The minimum absolute atomic E-state index is 0.00959. The molecule has 3 nitrogen and oxygen atoms in total. The Morgan fingerprint density at radius 1 is 1.15 bits per heavy atom. The molecule has 3 rings (SSSR count). The highest BCUT2D eigenvalue weighted by molar-refractivity contribution is 8.18. The molecule has 0 bridgehead atoms. The van der Waals surface area contributed by atoms with Gasteiger partial charge >= 0.3 is 0 Å². The molecule has 2 aromatic rings. The fourth-order valence-electron chi connectivity index (χ4n) is 2.60. The zero-order chi connectivity index (χ0) is 19.4. The van der Waals surface area contributed by atoms with Crippen molar-refractivity contribution in [1.29, 1.82) is 0 Å². The van der Waals surface area contributed by atoms with Crippen molar-refractivity contribution < 1.29 is 4.79 Å². The molecule has 27 heavy (non-hydrogen) atoms. The van der Waals surface area contributed by atoms with E-state index in [1.807, 2.05) is 36.6 Å². The van der Waals surface area contributed by atoms with Crippen molar-refractivity contribution in [2.45, 2.75) is 18.7 Å². The van der Waals surface area contributed by atoms with Crippen LogP contribution in [0.15, 0.2) is 63.3 Å². The van der Waals surface area contributed by atoms with Crippen LogP contribution < -0.4 is 0 Å². The average molecular weight is 417 g/mol. The molecule has 0 unspecified atom stereocenters. The Hall–Kier alpha value is -1.69. The van der Waals surface area contributed by atoms with Gasteiger partial charge in [0.2, 0.25) is 0 Å². The summed E-state index contributed by atoms with van der Waals surface area (Å²) in [5, 5.41) is 1.38. The summed E-state index contributed by atoms with van der Waals surface area (Å²) in [4.78, 5) is 21.3. The van der Waals surface area contributed by atoms with Crippen LogP contribution in [-0.4, -0.2) is 28.8 Å². The third kappa shape index (κ3) is 5.18. The van der Waals surface area contributed by atoms with Gasteiger partial charge in [0.1, 0.15) is 0 Å². The van der Waals surface area contributed by atoms with E-state index in [-0.39, 0.29) is 5.91 Å². The van der Waals surface area contributed by atoms with Crippen LogP contribution in [0.1, 0.15) is 19.4 Å². The molecule has 1 heterocycles. The Morgan fingerprint density at radius 3 is 2.41 bits per heavy atom. The molecule has 0 aromatic heterocycles. The fraction of sp³-hybridized carbons (Fsp3) is 0.238. The monoisotopic (exact) mass is 416 g/mol. The zero-order valence-corrected chi connectivity index (χ0v) is 17.9. The molecular weight excluding hydrogens is 396 g/mol. The summed E-state index contributed by atoms with van der Waals surface area (Å²) >= 11 is 9.08. The number of nitrogens with zero attached hydrogens (tertiary/aromatic N) is 2. The molecule has 1 fully saturated rings. The molecule has 0 aliphatic carbocycles. The summed E-state index contributed by atoms with van der Waals surface area (Å²) in [5.74, 6) is 0.362. The van der Waals surface area contributed by atoms with Crippen molar-refractivity contribution in [1.82, 2.24) is 4.90 Å². The number of carbonyl (C=O) groups is 1. The van der Waals surface area contributed by atoms with Crippen LogP contribution in [0.2, 0.25) is 5.02 Å². The number of amides is 1. The van der Waals surface area contributed by atoms with E-state index in [1.165, 1.54) is 16.7 Å². The Morgan fingerprint density at radius 2 is 1.81 bits per heavy atom. The number of rotatable bonds is 5. The standard InChI is InChI=1S/C21H21ClN2OS2/c1-14(2)13-24-20(25)19(12-15-4-10-18(26-3)11-5-15)27-21(24)23-17-8-6-16(22)7-9-17/h4-12,14H,13H2,1-3H3/b19-12-,23-21?. The summed E-state index contributed by atoms with van der Waals surface area (Å²) in [6.45, 7) is 4.84. The molecule has 0 N–H and O–H groups in total. The van der Waals surface area contributed by atoms with Gasteiger partial charge in [-0.05, 0) is 72.0 Å². The second kappa shape index (κ2) is 9.00. The quantitative estimate of drug-likeness (QED) is 0.422. The smallest absolute Gasteiger partial charge is 0.266 e. The van der Waals surface area contributed by atoms with Crippen LogP contribution >= 0.6 is 35.1 Å². The Bertz CT molecular complexity index is 874. The minimum Gasteiger partial charge on any atom is -0.286 e. The highest BCUT2D eigenvalue weighted by Gasteiger charge is 2.33. The number of aliphatic imine (C=N–C) groups is 1. The van der Waals surface area contributed by atoms with Gasteiger partial charge in [-0.3, -0.25) is 9.69 Å². The summed E-state index contributed by atoms with van der Waals surface area (Å²) < 4.78 is 0. The topological polar surface area (TPSA) is 32.7 Å². The highest BCUT2D eigenvalue weighted by atomic mass is 35.5. The first kappa shape index (κ1) is 20.1. The second-order valence-corrected chi connectivity index (χ2v) is 8.89. The lowest BCUT2D eigenvalue weighted by molar-refractivity contribution is -0.122. The first-order valence-corrected chi connectivity index (χ1v) is 11.1. The van der Waals surface area contributed by atoms with Gasteiger partial charge < -0.3 is 0 Å². The predicted molar refractivity (Wildman–Crippen MR) is 119 cm³/mol. The molecular formula is C21H21ClN2OS2. The molecule has 2 aromatic carbocycles. The largest absolute Gasteiger partial charge is 0.286 e. The van der Waals surface area contributed by atoms with Gasteiger partial charge in [0.15, 0.2) is 5.17 Å². The predicted octanol–water partition coefficient (Wildman–Crippen LogP) is 6.32. The lowest BCUT2D eigenvalue weighted by Gasteiger charge is -2.17. The molecule has 1 amide bonds. The van der Waals surface area contributed by atoms with Crippen LogP contribution in [0.4, 0.5) is 5.69 Å². The number of halogens is 1. The number of hydrogen-bond donors (Lipinski definition) is 0. The van der Waals surface area contributed by atoms with Crippen molar-refractivity contribution in [3.63, 3.8) is 0 Å². The lowest BCUT2D eigenvalue weighted by Crippen LogP contribution is -2.32. The highest BCUT2D eigenvalue weighted by Crippen LogP contribution is 2.35. The van der Waals surface area contributed by atoms with E-state index < -0.39 is 0 Å². The summed E-state index contributed by atoms with van der Waals surface area (Å²) in [5.41, 5.74) is 1.80. The number of amidine groups is 1. The number of thioether (sulfide) groups is 2. The number of benzene rings is 2. The van der Waals surface area contributed by atoms with Gasteiger partial charge in [0.25, 0.3) is 5.91 Å². The molecule has 1 aliphatic heterocycles. The molecule has 0 atom stereocenters. The van der Waals surface area contributed by atoms with Crippen LogP contribution in [0, 0.1) is 5.92 Å². The van der Waals surface area contributed by atoms with Crippen molar-refractivity contribution in [2.75, 3.05) is 12.8 Å². The normalized spacial score (nSPS) is 17.5. The van der Waals surface area contributed by atoms with Crippen molar-refractivity contribution in [3.8, 4) is 0 Å². The molecule has 140 valence electrons. The first-order valence-electron chi connectivity index (χ1n) is 8.66. The second-order valence-electron chi connectivity index (χ2n) is 6.56.